The summed E-state index contributed by atoms with van der Waals surface area (Å²) in [6.07, 6.45) is 1.60. The average molecular weight is 314 g/mol. The number of ether oxygens (including phenoxy) is 2. The van der Waals surface area contributed by atoms with Crippen LogP contribution in [0.3, 0.4) is 0 Å². The summed E-state index contributed by atoms with van der Waals surface area (Å²) in [7, 11) is 0.867. The SMILES string of the molecule is COc1cccc(OC)c1S(=O)(=O)N(C)C1CCNCC1. The summed E-state index contributed by atoms with van der Waals surface area (Å²) in [6.45, 7) is 1.65. The van der Waals surface area contributed by atoms with Crippen LogP contribution in [0, 0.1) is 0 Å². The van der Waals surface area contributed by atoms with Crippen molar-refractivity contribution in [2.45, 2.75) is 23.8 Å². The fourth-order valence-electron chi connectivity index (χ4n) is 2.58. The molecule has 1 heterocycles. The maximum Gasteiger partial charge on any atom is 0.250 e. The molecule has 21 heavy (non-hydrogen) atoms. The molecule has 1 N–H and O–H groups in total. The zero-order chi connectivity index (χ0) is 15.5. The van der Waals surface area contributed by atoms with Crippen LogP contribution in [0.25, 0.3) is 0 Å². The molecule has 1 aromatic rings. The third-order valence-corrected chi connectivity index (χ3v) is 5.82. The molecule has 1 aliphatic heterocycles. The Morgan fingerprint density at radius 1 is 1.14 bits per heavy atom. The Morgan fingerprint density at radius 3 is 2.14 bits per heavy atom. The second kappa shape index (κ2) is 6.64. The summed E-state index contributed by atoms with van der Waals surface area (Å²) in [6, 6.07) is 4.96. The van der Waals surface area contributed by atoms with Gasteiger partial charge in [0.1, 0.15) is 11.5 Å². The van der Waals surface area contributed by atoms with Crippen molar-refractivity contribution >= 4 is 10.0 Å². The Bertz CT molecular complexity index is 560. The number of hydrogen-bond acceptors (Lipinski definition) is 5. The molecular weight excluding hydrogens is 292 g/mol. The lowest BCUT2D eigenvalue weighted by Crippen LogP contribution is -2.44. The Morgan fingerprint density at radius 2 is 1.67 bits per heavy atom. The molecule has 1 fully saturated rings. The molecule has 0 unspecified atom stereocenters. The molecule has 0 bridgehead atoms. The van der Waals surface area contributed by atoms with Crippen molar-refractivity contribution < 1.29 is 17.9 Å². The van der Waals surface area contributed by atoms with Gasteiger partial charge in [-0.1, -0.05) is 6.07 Å². The van der Waals surface area contributed by atoms with E-state index in [4.69, 9.17) is 9.47 Å². The van der Waals surface area contributed by atoms with E-state index < -0.39 is 10.0 Å². The van der Waals surface area contributed by atoms with E-state index in [1.807, 2.05) is 0 Å². The number of methoxy groups -OCH3 is 2. The van der Waals surface area contributed by atoms with Crippen LogP contribution in [0.5, 0.6) is 11.5 Å². The van der Waals surface area contributed by atoms with Gasteiger partial charge in [-0.25, -0.2) is 8.42 Å². The van der Waals surface area contributed by atoms with E-state index in [2.05, 4.69) is 5.32 Å². The minimum atomic E-state index is -3.67. The lowest BCUT2D eigenvalue weighted by molar-refractivity contribution is 0.293. The first kappa shape index (κ1) is 16.1. The second-order valence-corrected chi connectivity index (χ2v) is 6.93. The maximum absolute atomic E-state index is 12.9. The molecule has 0 saturated carbocycles. The summed E-state index contributed by atoms with van der Waals surface area (Å²) < 4.78 is 37.7. The topological polar surface area (TPSA) is 67.9 Å². The van der Waals surface area contributed by atoms with Crippen LogP contribution in [0.4, 0.5) is 0 Å². The van der Waals surface area contributed by atoms with Gasteiger partial charge in [0.2, 0.25) is 10.0 Å². The van der Waals surface area contributed by atoms with Gasteiger partial charge in [-0.05, 0) is 38.1 Å². The van der Waals surface area contributed by atoms with Crippen LogP contribution < -0.4 is 14.8 Å². The highest BCUT2D eigenvalue weighted by molar-refractivity contribution is 7.89. The smallest absolute Gasteiger partial charge is 0.250 e. The number of nitrogens with zero attached hydrogens (tertiary/aromatic N) is 1. The standard InChI is InChI=1S/C14H22N2O4S/c1-16(11-7-9-15-10-8-11)21(17,18)14-12(19-2)5-4-6-13(14)20-3/h4-6,11,15H,7-10H2,1-3H3. The molecule has 0 aliphatic carbocycles. The molecule has 0 aromatic heterocycles. The molecule has 1 saturated heterocycles. The molecule has 0 amide bonds. The van der Waals surface area contributed by atoms with Gasteiger partial charge in [-0.15, -0.1) is 0 Å². The van der Waals surface area contributed by atoms with Gasteiger partial charge >= 0.3 is 0 Å². The molecule has 1 aromatic carbocycles. The quantitative estimate of drug-likeness (QED) is 0.881. The molecule has 118 valence electrons. The first-order valence-electron chi connectivity index (χ1n) is 6.92. The van der Waals surface area contributed by atoms with Gasteiger partial charge in [-0.2, -0.15) is 4.31 Å². The first-order valence-corrected chi connectivity index (χ1v) is 8.36. The van der Waals surface area contributed by atoms with Crippen LogP contribution in [0.2, 0.25) is 0 Å². The maximum atomic E-state index is 12.9. The van der Waals surface area contributed by atoms with Gasteiger partial charge in [0, 0.05) is 13.1 Å². The third-order valence-electron chi connectivity index (χ3n) is 3.84. The molecule has 0 spiro atoms. The summed E-state index contributed by atoms with van der Waals surface area (Å²) in [4.78, 5) is 0.0935. The monoisotopic (exact) mass is 314 g/mol. The second-order valence-electron chi connectivity index (χ2n) is 4.99. The molecule has 0 radical (unpaired) electrons. The first-order chi connectivity index (χ1) is 10.0. The van der Waals surface area contributed by atoms with E-state index in [-0.39, 0.29) is 10.9 Å². The number of piperidine rings is 1. The molecule has 6 nitrogen and oxygen atoms in total. The van der Waals surface area contributed by atoms with Gasteiger partial charge in [0.05, 0.1) is 14.2 Å². The molecule has 0 atom stereocenters. The summed E-state index contributed by atoms with van der Waals surface area (Å²) in [5.41, 5.74) is 0. The molecular formula is C14H22N2O4S. The largest absolute Gasteiger partial charge is 0.495 e. The number of nitrogens with one attached hydrogen (secondary N) is 1. The van der Waals surface area contributed by atoms with Crippen molar-refractivity contribution in [1.82, 2.24) is 9.62 Å². The Kier molecular flexibility index (Phi) is 5.08. The summed E-state index contributed by atoms with van der Waals surface area (Å²) in [5, 5.41) is 3.24. The van der Waals surface area contributed by atoms with Crippen LogP contribution in [0.15, 0.2) is 23.1 Å². The van der Waals surface area contributed by atoms with E-state index in [1.165, 1.54) is 18.5 Å². The van der Waals surface area contributed by atoms with Crippen molar-refractivity contribution in [3.8, 4) is 11.5 Å². The fourth-order valence-corrected chi connectivity index (χ4v) is 4.28. The number of hydrogen-bond donors (Lipinski definition) is 1. The zero-order valence-corrected chi connectivity index (χ0v) is 13.4. The van der Waals surface area contributed by atoms with Crippen LogP contribution in [-0.2, 0) is 10.0 Å². The van der Waals surface area contributed by atoms with E-state index in [0.717, 1.165) is 25.9 Å². The Balaban J connectivity index is 2.43. The van der Waals surface area contributed by atoms with Gasteiger partial charge in [0.25, 0.3) is 0 Å². The van der Waals surface area contributed by atoms with Gasteiger partial charge in [0.15, 0.2) is 4.90 Å². The van der Waals surface area contributed by atoms with E-state index in [0.29, 0.717) is 11.5 Å². The molecule has 1 aliphatic rings. The predicted molar refractivity (Wildman–Crippen MR) is 80.4 cm³/mol. The molecule has 7 heteroatoms. The minimum absolute atomic E-state index is 0.00846. The van der Waals surface area contributed by atoms with Crippen molar-refractivity contribution in [2.24, 2.45) is 0 Å². The summed E-state index contributed by atoms with van der Waals surface area (Å²) in [5.74, 6) is 0.602. The highest BCUT2D eigenvalue weighted by Crippen LogP contribution is 2.35. The average Bonchev–Trinajstić information content (AvgIpc) is 2.53. The summed E-state index contributed by atoms with van der Waals surface area (Å²) >= 11 is 0. The van der Waals surface area contributed by atoms with Crippen LogP contribution >= 0.6 is 0 Å². The Labute approximate surface area is 126 Å². The normalized spacial score (nSPS) is 17.0. The van der Waals surface area contributed by atoms with Crippen molar-refractivity contribution in [3.05, 3.63) is 18.2 Å². The van der Waals surface area contributed by atoms with Crippen molar-refractivity contribution in [3.63, 3.8) is 0 Å². The van der Waals surface area contributed by atoms with Gasteiger partial charge in [-0.3, -0.25) is 0 Å². The van der Waals surface area contributed by atoms with E-state index in [9.17, 15) is 8.42 Å². The van der Waals surface area contributed by atoms with E-state index in [1.54, 1.807) is 25.2 Å². The lowest BCUT2D eigenvalue weighted by Gasteiger charge is -2.31. The van der Waals surface area contributed by atoms with Crippen LogP contribution in [-0.4, -0.2) is 53.1 Å². The zero-order valence-electron chi connectivity index (χ0n) is 12.6. The predicted octanol–water partition coefficient (Wildman–Crippen LogP) is 1.08. The Hall–Kier alpha value is -1.31. The third kappa shape index (κ3) is 3.14. The van der Waals surface area contributed by atoms with E-state index >= 15 is 0 Å². The highest BCUT2D eigenvalue weighted by atomic mass is 32.2. The number of sulfonamides is 1. The fraction of sp³-hybridized carbons (Fsp3) is 0.571. The minimum Gasteiger partial charge on any atom is -0.495 e. The number of rotatable bonds is 5. The highest BCUT2D eigenvalue weighted by Gasteiger charge is 2.33. The van der Waals surface area contributed by atoms with Crippen molar-refractivity contribution in [2.75, 3.05) is 34.4 Å². The van der Waals surface area contributed by atoms with Crippen LogP contribution in [0.1, 0.15) is 12.8 Å². The number of benzene rings is 1. The molecule has 2 rings (SSSR count). The van der Waals surface area contributed by atoms with Crippen molar-refractivity contribution in [1.29, 1.82) is 0 Å². The van der Waals surface area contributed by atoms with Gasteiger partial charge < -0.3 is 14.8 Å². The lowest BCUT2D eigenvalue weighted by atomic mass is 10.1.